The molecule has 0 spiro atoms. The standard InChI is InChI=1S/C7H6IN3O/c8-11-7-2-1-5(4-12)3-6(7)9-10-11/h1-4,9-10H. The average Bonchev–Trinajstić information content (AvgIpc) is 2.47. The zero-order valence-electron chi connectivity index (χ0n) is 6.04. The van der Waals surface area contributed by atoms with Crippen LogP contribution in [0.15, 0.2) is 18.2 Å². The van der Waals surface area contributed by atoms with Crippen molar-refractivity contribution in [3.8, 4) is 0 Å². The lowest BCUT2D eigenvalue weighted by Crippen LogP contribution is -2.26. The normalized spacial score (nSPS) is 13.9. The maximum Gasteiger partial charge on any atom is 0.150 e. The molecule has 0 saturated carbocycles. The molecule has 2 N–H and O–H groups in total. The third kappa shape index (κ3) is 1.14. The Balaban J connectivity index is 2.48. The van der Waals surface area contributed by atoms with Gasteiger partial charge in [-0.05, 0) is 18.2 Å². The second-order valence-electron chi connectivity index (χ2n) is 2.41. The Bertz CT molecular complexity index is 328. The number of nitrogens with one attached hydrogen (secondary N) is 2. The predicted octanol–water partition coefficient (Wildman–Crippen LogP) is 1.50. The molecule has 0 bridgehead atoms. The number of carbonyl (C=O) groups is 1. The number of aldehydes is 1. The zero-order chi connectivity index (χ0) is 8.55. The number of carbonyl (C=O) groups excluding carboxylic acids is 1. The maximum absolute atomic E-state index is 10.4. The number of fused-ring (bicyclic) bond motifs is 1. The van der Waals surface area contributed by atoms with Gasteiger partial charge in [0.2, 0.25) is 0 Å². The molecule has 4 nitrogen and oxygen atoms in total. The second kappa shape index (κ2) is 2.91. The van der Waals surface area contributed by atoms with Crippen LogP contribution in [0.5, 0.6) is 0 Å². The third-order valence-electron chi connectivity index (χ3n) is 1.66. The molecule has 0 aromatic heterocycles. The van der Waals surface area contributed by atoms with Crippen LogP contribution in [0.4, 0.5) is 11.4 Å². The number of anilines is 2. The van der Waals surface area contributed by atoms with Crippen molar-refractivity contribution in [2.75, 3.05) is 8.65 Å². The fourth-order valence-electron chi connectivity index (χ4n) is 1.07. The molecule has 0 radical (unpaired) electrons. The van der Waals surface area contributed by atoms with Gasteiger partial charge in [0.25, 0.3) is 0 Å². The molecule has 0 unspecified atom stereocenters. The lowest BCUT2D eigenvalue weighted by molar-refractivity contribution is 0.112. The fourth-order valence-corrected chi connectivity index (χ4v) is 1.61. The number of rotatable bonds is 1. The molecule has 5 heteroatoms. The summed E-state index contributed by atoms with van der Waals surface area (Å²) in [5, 5.41) is 0. The van der Waals surface area contributed by atoms with Crippen LogP contribution in [0.2, 0.25) is 0 Å². The summed E-state index contributed by atoms with van der Waals surface area (Å²) in [5.41, 5.74) is 8.45. The number of benzene rings is 1. The minimum absolute atomic E-state index is 0.676. The Morgan fingerprint density at radius 1 is 1.50 bits per heavy atom. The lowest BCUT2D eigenvalue weighted by Gasteiger charge is -2.05. The van der Waals surface area contributed by atoms with Crippen LogP contribution in [0.1, 0.15) is 10.4 Å². The van der Waals surface area contributed by atoms with Gasteiger partial charge in [-0.15, -0.1) is 5.53 Å². The molecule has 0 amide bonds. The van der Waals surface area contributed by atoms with E-state index < -0.39 is 0 Å². The number of halogens is 1. The quantitative estimate of drug-likeness (QED) is 0.463. The lowest BCUT2D eigenvalue weighted by atomic mass is 10.2. The van der Waals surface area contributed by atoms with Crippen LogP contribution in [0.25, 0.3) is 0 Å². The highest BCUT2D eigenvalue weighted by Gasteiger charge is 2.15. The summed E-state index contributed by atoms with van der Waals surface area (Å²) in [6.07, 6.45) is 0.831. The summed E-state index contributed by atoms with van der Waals surface area (Å²) in [5.74, 6) is 0. The molecule has 62 valence electrons. The zero-order valence-corrected chi connectivity index (χ0v) is 8.20. The van der Waals surface area contributed by atoms with Crippen LogP contribution < -0.4 is 14.2 Å². The van der Waals surface area contributed by atoms with Crippen molar-refractivity contribution in [2.45, 2.75) is 0 Å². The molecule has 1 heterocycles. The van der Waals surface area contributed by atoms with Crippen molar-refractivity contribution < 1.29 is 4.79 Å². The number of hydrogen-bond acceptors (Lipinski definition) is 4. The van der Waals surface area contributed by atoms with Gasteiger partial charge in [-0.2, -0.15) is 0 Å². The first-order valence-electron chi connectivity index (χ1n) is 3.38. The Hall–Kier alpha value is -0.820. The van der Waals surface area contributed by atoms with Crippen LogP contribution in [-0.4, -0.2) is 6.29 Å². The van der Waals surface area contributed by atoms with Gasteiger partial charge in [0.1, 0.15) is 6.29 Å². The first-order chi connectivity index (χ1) is 5.81. The van der Waals surface area contributed by atoms with Gasteiger partial charge >= 0.3 is 0 Å². The van der Waals surface area contributed by atoms with Gasteiger partial charge < -0.3 is 5.43 Å². The van der Waals surface area contributed by atoms with Crippen molar-refractivity contribution in [2.24, 2.45) is 0 Å². The largest absolute Gasteiger partial charge is 0.301 e. The fraction of sp³-hybridized carbons (Fsp3) is 0. The van der Waals surface area contributed by atoms with E-state index in [2.05, 4.69) is 33.8 Å². The molecule has 1 aromatic carbocycles. The van der Waals surface area contributed by atoms with Gasteiger partial charge in [0.05, 0.1) is 34.2 Å². The van der Waals surface area contributed by atoms with E-state index in [1.807, 2.05) is 9.29 Å². The number of hydrazine groups is 2. The molecule has 12 heavy (non-hydrogen) atoms. The van der Waals surface area contributed by atoms with Crippen molar-refractivity contribution in [1.29, 1.82) is 0 Å². The number of hydrogen-bond donors (Lipinski definition) is 2. The van der Waals surface area contributed by atoms with Crippen LogP contribution in [0, 0.1) is 0 Å². The van der Waals surface area contributed by atoms with E-state index >= 15 is 0 Å². The topological polar surface area (TPSA) is 44.4 Å². The summed E-state index contributed by atoms with van der Waals surface area (Å²) in [7, 11) is 0. The van der Waals surface area contributed by atoms with Crippen molar-refractivity contribution >= 4 is 40.5 Å². The first kappa shape index (κ1) is 7.81. The van der Waals surface area contributed by atoms with Crippen LogP contribution in [0.3, 0.4) is 0 Å². The van der Waals surface area contributed by atoms with E-state index in [-0.39, 0.29) is 0 Å². The highest BCUT2D eigenvalue weighted by Crippen LogP contribution is 2.31. The van der Waals surface area contributed by atoms with Gasteiger partial charge in [0.15, 0.2) is 0 Å². The Morgan fingerprint density at radius 2 is 2.33 bits per heavy atom. The summed E-state index contributed by atoms with van der Waals surface area (Å²) in [4.78, 5) is 10.4. The summed E-state index contributed by atoms with van der Waals surface area (Å²) < 4.78 is 1.82. The Labute approximate surface area is 83.4 Å². The molecular weight excluding hydrogens is 269 g/mol. The number of nitrogens with zero attached hydrogens (tertiary/aromatic N) is 1. The molecule has 1 aliphatic rings. The van der Waals surface area contributed by atoms with E-state index in [1.54, 1.807) is 12.1 Å². The van der Waals surface area contributed by atoms with Crippen molar-refractivity contribution in [3.05, 3.63) is 23.8 Å². The SMILES string of the molecule is O=Cc1ccc2c(c1)NNN2I. The molecule has 0 saturated heterocycles. The molecule has 2 rings (SSSR count). The molecule has 1 aromatic rings. The van der Waals surface area contributed by atoms with Gasteiger partial charge in [0, 0.05) is 5.56 Å². The van der Waals surface area contributed by atoms with E-state index in [1.165, 1.54) is 0 Å². The van der Waals surface area contributed by atoms with Crippen LogP contribution >= 0.6 is 22.9 Å². The molecule has 0 atom stereocenters. The van der Waals surface area contributed by atoms with Crippen LogP contribution in [-0.2, 0) is 0 Å². The molecule has 0 aliphatic carbocycles. The van der Waals surface area contributed by atoms with Gasteiger partial charge in [-0.1, -0.05) is 0 Å². The third-order valence-corrected chi connectivity index (χ3v) is 2.42. The summed E-state index contributed by atoms with van der Waals surface area (Å²) in [6.45, 7) is 0. The van der Waals surface area contributed by atoms with E-state index in [0.717, 1.165) is 17.7 Å². The summed E-state index contributed by atoms with van der Waals surface area (Å²) in [6, 6.07) is 5.47. The van der Waals surface area contributed by atoms with E-state index in [9.17, 15) is 4.79 Å². The average molecular weight is 275 g/mol. The second-order valence-corrected chi connectivity index (χ2v) is 3.38. The van der Waals surface area contributed by atoms with Crippen molar-refractivity contribution in [1.82, 2.24) is 5.53 Å². The minimum Gasteiger partial charge on any atom is -0.301 e. The Morgan fingerprint density at radius 3 is 3.08 bits per heavy atom. The van der Waals surface area contributed by atoms with E-state index in [4.69, 9.17) is 0 Å². The van der Waals surface area contributed by atoms with E-state index in [0.29, 0.717) is 5.56 Å². The monoisotopic (exact) mass is 275 g/mol. The molecule has 0 fully saturated rings. The maximum atomic E-state index is 10.4. The highest BCUT2D eigenvalue weighted by molar-refractivity contribution is 14.1. The first-order valence-corrected chi connectivity index (χ1v) is 4.34. The van der Waals surface area contributed by atoms with Gasteiger partial charge in [-0.3, -0.25) is 4.79 Å². The molecular formula is C7H6IN3O. The predicted molar refractivity (Wildman–Crippen MR) is 55.1 cm³/mol. The molecule has 1 aliphatic heterocycles. The minimum atomic E-state index is 0.676. The van der Waals surface area contributed by atoms with Crippen molar-refractivity contribution in [3.63, 3.8) is 0 Å². The smallest absolute Gasteiger partial charge is 0.150 e. The highest BCUT2D eigenvalue weighted by atomic mass is 127. The van der Waals surface area contributed by atoms with Gasteiger partial charge in [-0.25, -0.2) is 3.22 Å². The summed E-state index contributed by atoms with van der Waals surface area (Å²) >= 11 is 2.12. The Kier molecular flexibility index (Phi) is 1.89.